The number of carbonyl (C=O) groups is 1. The first-order chi connectivity index (χ1) is 10.6. The second kappa shape index (κ2) is 6.44. The molecule has 2 aliphatic heterocycles. The summed E-state index contributed by atoms with van der Waals surface area (Å²) in [6.45, 7) is 4.69. The number of ether oxygens (including phenoxy) is 2. The van der Waals surface area contributed by atoms with Gasteiger partial charge in [0.05, 0.1) is 13.2 Å². The van der Waals surface area contributed by atoms with Crippen molar-refractivity contribution in [3.63, 3.8) is 0 Å². The Bertz CT molecular complexity index is 548. The highest BCUT2D eigenvalue weighted by molar-refractivity contribution is 6.31. The standard InChI is InChI=1S/C16H21ClN2O3/c1-12-3-4-13(17)11-14(12)18-15(20)19-7-5-16(6-8-19)21-9-2-10-22-16/h3-4,11H,2,5-10H2,1H3,(H,18,20). The second-order valence-electron chi connectivity index (χ2n) is 5.84. The van der Waals surface area contributed by atoms with Crippen LogP contribution in [0.5, 0.6) is 0 Å². The molecule has 0 aromatic heterocycles. The van der Waals surface area contributed by atoms with Crippen LogP contribution in [0.4, 0.5) is 10.5 Å². The summed E-state index contributed by atoms with van der Waals surface area (Å²) >= 11 is 5.99. The summed E-state index contributed by atoms with van der Waals surface area (Å²) in [5.41, 5.74) is 1.74. The van der Waals surface area contributed by atoms with Crippen LogP contribution in [-0.2, 0) is 9.47 Å². The lowest BCUT2D eigenvalue weighted by Gasteiger charge is -2.43. The molecule has 1 aromatic rings. The Morgan fingerprint density at radius 3 is 2.64 bits per heavy atom. The maximum absolute atomic E-state index is 12.4. The topological polar surface area (TPSA) is 50.8 Å². The van der Waals surface area contributed by atoms with Crippen LogP contribution in [0.15, 0.2) is 18.2 Å². The number of hydrogen-bond acceptors (Lipinski definition) is 3. The van der Waals surface area contributed by atoms with Gasteiger partial charge in [-0.15, -0.1) is 0 Å². The van der Waals surface area contributed by atoms with E-state index in [1.807, 2.05) is 19.1 Å². The van der Waals surface area contributed by atoms with Gasteiger partial charge < -0.3 is 19.7 Å². The van der Waals surface area contributed by atoms with Crippen LogP contribution in [0.1, 0.15) is 24.8 Å². The van der Waals surface area contributed by atoms with E-state index in [0.29, 0.717) is 18.1 Å². The predicted molar refractivity (Wildman–Crippen MR) is 85.3 cm³/mol. The van der Waals surface area contributed by atoms with Crippen LogP contribution in [0, 0.1) is 6.92 Å². The molecule has 2 fully saturated rings. The second-order valence-corrected chi connectivity index (χ2v) is 6.27. The van der Waals surface area contributed by atoms with Crippen LogP contribution in [-0.4, -0.2) is 43.0 Å². The first-order valence-electron chi connectivity index (χ1n) is 7.68. The zero-order chi connectivity index (χ0) is 15.6. The number of aryl methyl sites for hydroxylation is 1. The largest absolute Gasteiger partial charge is 0.350 e. The highest BCUT2D eigenvalue weighted by atomic mass is 35.5. The lowest BCUT2D eigenvalue weighted by molar-refractivity contribution is -0.281. The van der Waals surface area contributed by atoms with Crippen molar-refractivity contribution in [3.8, 4) is 0 Å². The van der Waals surface area contributed by atoms with Gasteiger partial charge >= 0.3 is 6.03 Å². The van der Waals surface area contributed by atoms with E-state index in [1.165, 1.54) is 0 Å². The number of piperidine rings is 1. The van der Waals surface area contributed by atoms with E-state index in [1.54, 1.807) is 11.0 Å². The van der Waals surface area contributed by atoms with E-state index < -0.39 is 5.79 Å². The fourth-order valence-corrected chi connectivity index (χ4v) is 3.05. The monoisotopic (exact) mass is 324 g/mol. The average Bonchev–Trinajstić information content (AvgIpc) is 2.52. The molecule has 0 saturated carbocycles. The van der Waals surface area contributed by atoms with E-state index in [9.17, 15) is 4.79 Å². The van der Waals surface area contributed by atoms with Gasteiger partial charge in [-0.25, -0.2) is 4.79 Å². The molecule has 2 heterocycles. The Balaban J connectivity index is 1.59. The van der Waals surface area contributed by atoms with Crippen LogP contribution in [0.2, 0.25) is 5.02 Å². The SMILES string of the molecule is Cc1ccc(Cl)cc1NC(=O)N1CCC2(CC1)OCCCO2. The molecule has 2 saturated heterocycles. The highest BCUT2D eigenvalue weighted by Gasteiger charge is 2.39. The van der Waals surface area contributed by atoms with Crippen molar-refractivity contribution >= 4 is 23.3 Å². The highest BCUT2D eigenvalue weighted by Crippen LogP contribution is 2.31. The van der Waals surface area contributed by atoms with E-state index in [0.717, 1.165) is 43.7 Å². The number of nitrogens with zero attached hydrogens (tertiary/aromatic N) is 1. The molecule has 0 atom stereocenters. The zero-order valence-corrected chi connectivity index (χ0v) is 13.5. The first kappa shape index (κ1) is 15.6. The molecule has 3 rings (SSSR count). The van der Waals surface area contributed by atoms with E-state index in [-0.39, 0.29) is 6.03 Å². The van der Waals surface area contributed by atoms with Crippen molar-refractivity contribution in [2.45, 2.75) is 32.0 Å². The molecule has 120 valence electrons. The number of amides is 2. The summed E-state index contributed by atoms with van der Waals surface area (Å²) in [7, 11) is 0. The van der Waals surface area contributed by atoms with Crippen LogP contribution in [0.25, 0.3) is 0 Å². The van der Waals surface area contributed by atoms with Gasteiger partial charge in [0.2, 0.25) is 0 Å². The molecule has 5 nitrogen and oxygen atoms in total. The Labute approximate surface area is 135 Å². The van der Waals surface area contributed by atoms with Crippen LogP contribution >= 0.6 is 11.6 Å². The minimum Gasteiger partial charge on any atom is -0.350 e. The number of carbonyl (C=O) groups excluding carboxylic acids is 1. The molecular weight excluding hydrogens is 304 g/mol. The van der Waals surface area contributed by atoms with Gasteiger partial charge in [-0.05, 0) is 31.0 Å². The van der Waals surface area contributed by atoms with Crippen LogP contribution in [0.3, 0.4) is 0 Å². The van der Waals surface area contributed by atoms with E-state index >= 15 is 0 Å². The molecule has 2 amide bonds. The van der Waals surface area contributed by atoms with E-state index in [4.69, 9.17) is 21.1 Å². The van der Waals surface area contributed by atoms with Crippen molar-refractivity contribution in [1.29, 1.82) is 0 Å². The van der Waals surface area contributed by atoms with Gasteiger partial charge in [0.25, 0.3) is 0 Å². The summed E-state index contributed by atoms with van der Waals surface area (Å²) in [5, 5.41) is 3.55. The van der Waals surface area contributed by atoms with Gasteiger partial charge in [0.1, 0.15) is 0 Å². The molecule has 0 unspecified atom stereocenters. The third kappa shape index (κ3) is 3.37. The normalized spacial score (nSPS) is 20.9. The number of hydrogen-bond donors (Lipinski definition) is 1. The fourth-order valence-electron chi connectivity index (χ4n) is 2.88. The predicted octanol–water partition coefficient (Wildman–Crippen LogP) is 3.41. The molecule has 0 aliphatic carbocycles. The zero-order valence-electron chi connectivity index (χ0n) is 12.7. The summed E-state index contributed by atoms with van der Waals surface area (Å²) in [5.74, 6) is -0.471. The number of anilines is 1. The average molecular weight is 325 g/mol. The number of likely N-dealkylation sites (tertiary alicyclic amines) is 1. The minimum absolute atomic E-state index is 0.101. The minimum atomic E-state index is -0.471. The van der Waals surface area contributed by atoms with Gasteiger partial charge in [-0.1, -0.05) is 17.7 Å². The van der Waals surface area contributed by atoms with Crippen molar-refractivity contribution in [2.24, 2.45) is 0 Å². The quantitative estimate of drug-likeness (QED) is 0.861. The maximum Gasteiger partial charge on any atom is 0.321 e. The lowest BCUT2D eigenvalue weighted by Crippen LogP contribution is -2.52. The molecule has 6 heteroatoms. The van der Waals surface area contributed by atoms with Crippen molar-refractivity contribution in [1.82, 2.24) is 4.90 Å². The number of rotatable bonds is 1. The lowest BCUT2D eigenvalue weighted by atomic mass is 10.0. The molecule has 1 N–H and O–H groups in total. The molecule has 0 radical (unpaired) electrons. The Morgan fingerprint density at radius 2 is 1.95 bits per heavy atom. The number of urea groups is 1. The Kier molecular flexibility index (Phi) is 4.57. The summed E-state index contributed by atoms with van der Waals surface area (Å²) < 4.78 is 11.6. The molecule has 1 spiro atoms. The van der Waals surface area contributed by atoms with Crippen molar-refractivity contribution in [3.05, 3.63) is 28.8 Å². The summed E-state index contributed by atoms with van der Waals surface area (Å²) in [6.07, 6.45) is 2.38. The Morgan fingerprint density at radius 1 is 1.27 bits per heavy atom. The molecule has 0 bridgehead atoms. The van der Waals surface area contributed by atoms with Crippen LogP contribution < -0.4 is 5.32 Å². The molecule has 2 aliphatic rings. The van der Waals surface area contributed by atoms with Gasteiger partial charge in [-0.3, -0.25) is 0 Å². The van der Waals surface area contributed by atoms with Crippen molar-refractivity contribution in [2.75, 3.05) is 31.6 Å². The Hall–Kier alpha value is -1.30. The smallest absolute Gasteiger partial charge is 0.321 e. The number of halogens is 1. The van der Waals surface area contributed by atoms with Gasteiger partial charge in [-0.2, -0.15) is 0 Å². The van der Waals surface area contributed by atoms with Gasteiger partial charge in [0.15, 0.2) is 5.79 Å². The maximum atomic E-state index is 12.4. The third-order valence-electron chi connectivity index (χ3n) is 4.27. The summed E-state index contributed by atoms with van der Waals surface area (Å²) in [4.78, 5) is 14.2. The van der Waals surface area contributed by atoms with Gasteiger partial charge in [0, 0.05) is 36.6 Å². The third-order valence-corrected chi connectivity index (χ3v) is 4.51. The fraction of sp³-hybridized carbons (Fsp3) is 0.562. The van der Waals surface area contributed by atoms with E-state index in [2.05, 4.69) is 5.32 Å². The van der Waals surface area contributed by atoms with Crippen molar-refractivity contribution < 1.29 is 14.3 Å². The molecule has 22 heavy (non-hydrogen) atoms. The number of benzene rings is 1. The summed E-state index contributed by atoms with van der Waals surface area (Å²) in [6, 6.07) is 5.38. The molecule has 1 aromatic carbocycles. The first-order valence-corrected chi connectivity index (χ1v) is 8.06. The number of nitrogens with one attached hydrogen (secondary N) is 1. The molecular formula is C16H21ClN2O3.